The summed E-state index contributed by atoms with van der Waals surface area (Å²) < 4.78 is 32.4. The van der Waals surface area contributed by atoms with Gasteiger partial charge >= 0.3 is 5.97 Å². The van der Waals surface area contributed by atoms with Gasteiger partial charge in [-0.2, -0.15) is 4.31 Å². The smallest absolute Gasteiger partial charge is 0.338 e. The van der Waals surface area contributed by atoms with Gasteiger partial charge in [0.2, 0.25) is 10.0 Å². The number of hydrogen-bond donors (Lipinski definition) is 1. The van der Waals surface area contributed by atoms with Crippen molar-refractivity contribution in [2.75, 3.05) is 19.7 Å². The van der Waals surface area contributed by atoms with Crippen LogP contribution in [0.2, 0.25) is 0 Å². The maximum Gasteiger partial charge on any atom is 0.338 e. The molecule has 8 heteroatoms. The van der Waals surface area contributed by atoms with Crippen LogP contribution in [0.3, 0.4) is 0 Å². The number of nitrogens with one attached hydrogen (secondary N) is 1. The van der Waals surface area contributed by atoms with Crippen molar-refractivity contribution in [1.29, 1.82) is 0 Å². The van der Waals surface area contributed by atoms with Crippen LogP contribution >= 0.6 is 0 Å². The second-order valence-electron chi connectivity index (χ2n) is 8.63. The van der Waals surface area contributed by atoms with Crippen molar-refractivity contribution in [2.24, 2.45) is 0 Å². The SMILES string of the molecule is O=C(COC(=O)c1ccc(S(=O)(=O)N2CCCCCC2)cc1)NC1CCCc2ccccc21. The molecule has 2 aromatic rings. The van der Waals surface area contributed by atoms with Crippen molar-refractivity contribution in [1.82, 2.24) is 9.62 Å². The van der Waals surface area contributed by atoms with Crippen LogP contribution in [-0.2, 0) is 26.0 Å². The number of carbonyl (C=O) groups is 2. The second-order valence-corrected chi connectivity index (χ2v) is 10.6. The van der Waals surface area contributed by atoms with Crippen LogP contribution in [0.15, 0.2) is 53.4 Å². The van der Waals surface area contributed by atoms with Gasteiger partial charge in [0.05, 0.1) is 16.5 Å². The Kier molecular flexibility index (Phi) is 7.45. The van der Waals surface area contributed by atoms with Crippen molar-refractivity contribution in [2.45, 2.75) is 55.9 Å². The van der Waals surface area contributed by atoms with Gasteiger partial charge in [-0.05, 0) is 67.5 Å². The first-order chi connectivity index (χ1) is 15.9. The highest BCUT2D eigenvalue weighted by molar-refractivity contribution is 7.89. The third-order valence-corrected chi connectivity index (χ3v) is 8.24. The van der Waals surface area contributed by atoms with E-state index in [0.717, 1.165) is 50.5 Å². The molecule has 176 valence electrons. The average Bonchev–Trinajstić information content (AvgIpc) is 3.13. The average molecular weight is 471 g/mol. The minimum atomic E-state index is -3.58. The number of esters is 1. The summed E-state index contributed by atoms with van der Waals surface area (Å²) in [5, 5.41) is 2.95. The van der Waals surface area contributed by atoms with Crippen molar-refractivity contribution < 1.29 is 22.7 Å². The van der Waals surface area contributed by atoms with Gasteiger partial charge in [-0.15, -0.1) is 0 Å². The largest absolute Gasteiger partial charge is 0.452 e. The molecule has 1 aliphatic carbocycles. The lowest BCUT2D eigenvalue weighted by Crippen LogP contribution is -2.34. The molecule has 1 fully saturated rings. The summed E-state index contributed by atoms with van der Waals surface area (Å²) >= 11 is 0. The Morgan fingerprint density at radius 1 is 0.939 bits per heavy atom. The lowest BCUT2D eigenvalue weighted by Gasteiger charge is -2.26. The Bertz CT molecular complexity index is 1090. The van der Waals surface area contributed by atoms with E-state index in [0.29, 0.717) is 13.1 Å². The van der Waals surface area contributed by atoms with Crippen LogP contribution in [0.5, 0.6) is 0 Å². The molecule has 0 radical (unpaired) electrons. The van der Waals surface area contributed by atoms with Gasteiger partial charge in [0.15, 0.2) is 6.61 Å². The third-order valence-electron chi connectivity index (χ3n) is 6.33. The van der Waals surface area contributed by atoms with Gasteiger partial charge in [-0.3, -0.25) is 4.79 Å². The maximum absolute atomic E-state index is 12.9. The van der Waals surface area contributed by atoms with Gasteiger partial charge in [-0.25, -0.2) is 13.2 Å². The fourth-order valence-electron chi connectivity index (χ4n) is 4.55. The molecular weight excluding hydrogens is 440 g/mol. The Morgan fingerprint density at radius 2 is 1.64 bits per heavy atom. The summed E-state index contributed by atoms with van der Waals surface area (Å²) in [6.45, 7) is 0.657. The molecule has 1 saturated heterocycles. The zero-order chi connectivity index (χ0) is 23.3. The van der Waals surface area contributed by atoms with E-state index in [4.69, 9.17) is 4.74 Å². The molecule has 0 spiro atoms. The molecule has 33 heavy (non-hydrogen) atoms. The number of carbonyl (C=O) groups excluding carboxylic acids is 2. The van der Waals surface area contributed by atoms with E-state index in [2.05, 4.69) is 11.4 Å². The molecule has 2 aliphatic rings. The Hall–Kier alpha value is -2.71. The second kappa shape index (κ2) is 10.5. The van der Waals surface area contributed by atoms with E-state index in [1.54, 1.807) is 0 Å². The first kappa shape index (κ1) is 23.4. The van der Waals surface area contributed by atoms with Crippen molar-refractivity contribution in [3.05, 3.63) is 65.2 Å². The summed E-state index contributed by atoms with van der Waals surface area (Å²) in [7, 11) is -3.58. The first-order valence-corrected chi connectivity index (χ1v) is 13.0. The molecule has 1 atom stereocenters. The summed E-state index contributed by atoms with van der Waals surface area (Å²) in [6.07, 6.45) is 6.64. The lowest BCUT2D eigenvalue weighted by molar-refractivity contribution is -0.125. The molecule has 0 aromatic heterocycles. The molecule has 0 saturated carbocycles. The van der Waals surface area contributed by atoms with Crippen LogP contribution in [0.25, 0.3) is 0 Å². The molecule has 1 unspecified atom stereocenters. The molecular formula is C25H30N2O5S. The van der Waals surface area contributed by atoms with Crippen LogP contribution in [0.4, 0.5) is 0 Å². The summed E-state index contributed by atoms with van der Waals surface area (Å²) in [4.78, 5) is 24.9. The Labute approximate surface area is 195 Å². The number of aryl methyl sites for hydroxylation is 1. The fraction of sp³-hybridized carbons (Fsp3) is 0.440. The number of rotatable bonds is 6. The van der Waals surface area contributed by atoms with Crippen LogP contribution in [0, 0.1) is 0 Å². The number of benzene rings is 2. The van der Waals surface area contributed by atoms with Gasteiger partial charge in [0.25, 0.3) is 5.91 Å². The monoisotopic (exact) mass is 470 g/mol. The van der Waals surface area contributed by atoms with Gasteiger partial charge in [0, 0.05) is 13.1 Å². The van der Waals surface area contributed by atoms with E-state index in [-0.39, 0.29) is 29.0 Å². The number of sulfonamides is 1. The quantitative estimate of drug-likeness (QED) is 0.651. The minimum absolute atomic E-state index is 0.0790. The summed E-state index contributed by atoms with van der Waals surface area (Å²) in [5.41, 5.74) is 2.56. The standard InChI is InChI=1S/C25H30N2O5S/c28-24(26-23-11-7-9-19-8-3-4-10-22(19)23)18-32-25(29)20-12-14-21(15-13-20)33(30,31)27-16-5-1-2-6-17-27/h3-4,8,10,12-15,23H,1-2,5-7,9,11,16-18H2,(H,26,28). The molecule has 2 aromatic carbocycles. The predicted molar refractivity (Wildman–Crippen MR) is 124 cm³/mol. The van der Waals surface area contributed by atoms with Gasteiger partial charge in [0.1, 0.15) is 0 Å². The first-order valence-electron chi connectivity index (χ1n) is 11.6. The van der Waals surface area contributed by atoms with Gasteiger partial charge < -0.3 is 10.1 Å². The van der Waals surface area contributed by atoms with E-state index in [1.165, 1.54) is 34.1 Å². The topological polar surface area (TPSA) is 92.8 Å². The highest BCUT2D eigenvalue weighted by Crippen LogP contribution is 2.29. The van der Waals surface area contributed by atoms with E-state index < -0.39 is 16.0 Å². The van der Waals surface area contributed by atoms with Crippen LogP contribution < -0.4 is 5.32 Å². The molecule has 1 heterocycles. The summed E-state index contributed by atoms with van der Waals surface area (Å²) in [6, 6.07) is 13.7. The van der Waals surface area contributed by atoms with Crippen LogP contribution in [-0.4, -0.2) is 44.3 Å². The Morgan fingerprint density at radius 3 is 2.36 bits per heavy atom. The van der Waals surface area contributed by atoms with E-state index in [9.17, 15) is 18.0 Å². The van der Waals surface area contributed by atoms with Crippen molar-refractivity contribution in [3.8, 4) is 0 Å². The zero-order valence-corrected chi connectivity index (χ0v) is 19.5. The number of nitrogens with zero attached hydrogens (tertiary/aromatic N) is 1. The molecule has 0 bridgehead atoms. The molecule has 4 rings (SSSR count). The predicted octanol–water partition coefficient (Wildman–Crippen LogP) is 3.60. The molecule has 1 amide bonds. The van der Waals surface area contributed by atoms with Crippen molar-refractivity contribution in [3.63, 3.8) is 0 Å². The van der Waals surface area contributed by atoms with Gasteiger partial charge in [-0.1, -0.05) is 37.1 Å². The highest BCUT2D eigenvalue weighted by atomic mass is 32.2. The molecule has 1 N–H and O–H groups in total. The molecule has 7 nitrogen and oxygen atoms in total. The van der Waals surface area contributed by atoms with Crippen LogP contribution in [0.1, 0.15) is 66.1 Å². The van der Waals surface area contributed by atoms with E-state index in [1.807, 2.05) is 18.2 Å². The minimum Gasteiger partial charge on any atom is -0.452 e. The molecule has 1 aliphatic heterocycles. The maximum atomic E-state index is 12.9. The lowest BCUT2D eigenvalue weighted by atomic mass is 9.88. The van der Waals surface area contributed by atoms with E-state index >= 15 is 0 Å². The normalized spacial score (nSPS) is 19.2. The summed E-state index contributed by atoms with van der Waals surface area (Å²) in [5.74, 6) is -1.02. The van der Waals surface area contributed by atoms with Crippen molar-refractivity contribution >= 4 is 21.9 Å². The fourth-order valence-corrected chi connectivity index (χ4v) is 6.07. The number of ether oxygens (including phenoxy) is 1. The highest BCUT2D eigenvalue weighted by Gasteiger charge is 2.26. The number of hydrogen-bond acceptors (Lipinski definition) is 5. The third kappa shape index (κ3) is 5.62. The number of fused-ring (bicyclic) bond motifs is 1. The zero-order valence-electron chi connectivity index (χ0n) is 18.7. The Balaban J connectivity index is 1.32. The number of amides is 1.